The van der Waals surface area contributed by atoms with Crippen LogP contribution in [-0.2, 0) is 9.53 Å². The molecule has 2 heterocycles. The van der Waals surface area contributed by atoms with Crippen molar-refractivity contribution in [1.82, 2.24) is 4.98 Å². The summed E-state index contributed by atoms with van der Waals surface area (Å²) in [5, 5.41) is 3.06. The van der Waals surface area contributed by atoms with Gasteiger partial charge in [-0.05, 0) is 24.1 Å². The van der Waals surface area contributed by atoms with E-state index < -0.39 is 5.41 Å². The van der Waals surface area contributed by atoms with Crippen LogP contribution < -0.4 is 10.2 Å². The van der Waals surface area contributed by atoms with Crippen LogP contribution in [-0.4, -0.2) is 37.2 Å². The molecule has 0 atom stereocenters. The lowest BCUT2D eigenvalue weighted by Gasteiger charge is -2.29. The molecular formula is C21H27N3O2. The van der Waals surface area contributed by atoms with Crippen LogP contribution in [0, 0.1) is 12.3 Å². The summed E-state index contributed by atoms with van der Waals surface area (Å²) in [5.41, 5.74) is 3.55. The molecule has 26 heavy (non-hydrogen) atoms. The van der Waals surface area contributed by atoms with Gasteiger partial charge in [-0.1, -0.05) is 45.0 Å². The van der Waals surface area contributed by atoms with Crippen LogP contribution in [0.2, 0.25) is 0 Å². The standard InChI is InChI=1S/C21H27N3O2/c1-15-7-5-6-8-16(15)17-13-19(24-9-11-26-12-10-24)22-14-18(17)23-20(25)21(2,3)4/h5-8,13-14H,9-12H2,1-4H3,(H,23,25). The van der Waals surface area contributed by atoms with Crippen molar-refractivity contribution in [3.63, 3.8) is 0 Å². The Morgan fingerprint density at radius 1 is 1.15 bits per heavy atom. The molecule has 0 bridgehead atoms. The number of benzene rings is 1. The number of carbonyl (C=O) groups is 1. The summed E-state index contributed by atoms with van der Waals surface area (Å²) in [7, 11) is 0. The maximum atomic E-state index is 12.5. The van der Waals surface area contributed by atoms with E-state index in [0.29, 0.717) is 13.2 Å². The fourth-order valence-corrected chi connectivity index (χ4v) is 2.92. The SMILES string of the molecule is Cc1ccccc1-c1cc(N2CCOCC2)ncc1NC(=O)C(C)(C)C. The minimum atomic E-state index is -0.466. The van der Waals surface area contributed by atoms with Crippen LogP contribution in [0.1, 0.15) is 26.3 Å². The molecule has 2 aromatic rings. The number of aryl methyl sites for hydroxylation is 1. The smallest absolute Gasteiger partial charge is 0.229 e. The number of amides is 1. The van der Waals surface area contributed by atoms with Crippen LogP contribution in [0.15, 0.2) is 36.5 Å². The molecule has 0 saturated carbocycles. The van der Waals surface area contributed by atoms with Crippen molar-refractivity contribution >= 4 is 17.4 Å². The summed E-state index contributed by atoms with van der Waals surface area (Å²) in [6.07, 6.45) is 1.77. The highest BCUT2D eigenvalue weighted by molar-refractivity contribution is 5.98. The number of nitrogens with one attached hydrogen (secondary N) is 1. The zero-order valence-electron chi connectivity index (χ0n) is 16.0. The first kappa shape index (κ1) is 18.4. The summed E-state index contributed by atoms with van der Waals surface area (Å²) in [4.78, 5) is 19.4. The number of morpholine rings is 1. The van der Waals surface area contributed by atoms with Gasteiger partial charge in [0.15, 0.2) is 0 Å². The van der Waals surface area contributed by atoms with Crippen molar-refractivity contribution in [3.8, 4) is 11.1 Å². The number of hydrogen-bond donors (Lipinski definition) is 1. The van der Waals surface area contributed by atoms with Gasteiger partial charge in [-0.25, -0.2) is 4.98 Å². The van der Waals surface area contributed by atoms with Crippen molar-refractivity contribution in [2.45, 2.75) is 27.7 Å². The maximum absolute atomic E-state index is 12.5. The molecule has 5 heteroatoms. The number of carbonyl (C=O) groups excluding carboxylic acids is 1. The lowest BCUT2D eigenvalue weighted by molar-refractivity contribution is -0.123. The van der Waals surface area contributed by atoms with Crippen molar-refractivity contribution in [3.05, 3.63) is 42.1 Å². The molecule has 1 aliphatic rings. The molecule has 0 spiro atoms. The molecule has 0 aliphatic carbocycles. The van der Waals surface area contributed by atoms with Crippen LogP contribution in [0.3, 0.4) is 0 Å². The molecule has 138 valence electrons. The second-order valence-corrected chi connectivity index (χ2v) is 7.71. The van der Waals surface area contributed by atoms with Crippen molar-refractivity contribution in [2.24, 2.45) is 5.41 Å². The summed E-state index contributed by atoms with van der Waals surface area (Å²) < 4.78 is 5.44. The van der Waals surface area contributed by atoms with Gasteiger partial charge in [0.2, 0.25) is 5.91 Å². The molecule has 1 aromatic carbocycles. The summed E-state index contributed by atoms with van der Waals surface area (Å²) >= 11 is 0. The van der Waals surface area contributed by atoms with Crippen molar-refractivity contribution < 1.29 is 9.53 Å². The van der Waals surface area contributed by atoms with Crippen molar-refractivity contribution in [1.29, 1.82) is 0 Å². The van der Waals surface area contributed by atoms with Crippen LogP contribution in [0.4, 0.5) is 11.5 Å². The third-order valence-electron chi connectivity index (χ3n) is 4.59. The van der Waals surface area contributed by atoms with Crippen LogP contribution in [0.25, 0.3) is 11.1 Å². The predicted molar refractivity (Wildman–Crippen MR) is 106 cm³/mol. The molecule has 5 nitrogen and oxygen atoms in total. The van der Waals surface area contributed by atoms with Crippen molar-refractivity contribution in [2.75, 3.05) is 36.5 Å². The Morgan fingerprint density at radius 2 is 1.85 bits per heavy atom. The molecule has 3 rings (SSSR count). The van der Waals surface area contributed by atoms with E-state index in [1.54, 1.807) is 6.20 Å². The molecule has 1 N–H and O–H groups in total. The summed E-state index contributed by atoms with van der Waals surface area (Å²) in [5.74, 6) is 0.897. The largest absolute Gasteiger partial charge is 0.378 e. The zero-order valence-corrected chi connectivity index (χ0v) is 16.0. The lowest BCUT2D eigenvalue weighted by atomic mass is 9.94. The molecule has 1 saturated heterocycles. The lowest BCUT2D eigenvalue weighted by Crippen LogP contribution is -2.36. The van der Waals surface area contributed by atoms with Gasteiger partial charge >= 0.3 is 0 Å². The average Bonchev–Trinajstić information content (AvgIpc) is 2.62. The first-order valence-electron chi connectivity index (χ1n) is 9.06. The van der Waals surface area contributed by atoms with Gasteiger partial charge in [-0.2, -0.15) is 0 Å². The molecule has 1 fully saturated rings. The first-order chi connectivity index (χ1) is 12.4. The number of nitrogens with zero attached hydrogens (tertiary/aromatic N) is 2. The fourth-order valence-electron chi connectivity index (χ4n) is 2.92. The van der Waals surface area contributed by atoms with E-state index in [0.717, 1.165) is 41.3 Å². The minimum absolute atomic E-state index is 0.0201. The number of pyridine rings is 1. The predicted octanol–water partition coefficient (Wildman–Crippen LogP) is 3.88. The molecule has 0 unspecified atom stereocenters. The number of anilines is 2. The Bertz CT molecular complexity index is 790. The van der Waals surface area contributed by atoms with Gasteiger partial charge in [-0.15, -0.1) is 0 Å². The maximum Gasteiger partial charge on any atom is 0.229 e. The quantitative estimate of drug-likeness (QED) is 0.910. The molecular weight excluding hydrogens is 326 g/mol. The zero-order chi connectivity index (χ0) is 18.7. The molecule has 0 radical (unpaired) electrons. The minimum Gasteiger partial charge on any atom is -0.378 e. The van der Waals surface area contributed by atoms with E-state index in [1.807, 2.05) is 32.9 Å². The van der Waals surface area contributed by atoms with E-state index in [9.17, 15) is 4.79 Å². The average molecular weight is 353 g/mol. The number of aromatic nitrogens is 1. The van der Waals surface area contributed by atoms with Gasteiger partial charge in [0.25, 0.3) is 0 Å². The van der Waals surface area contributed by atoms with E-state index >= 15 is 0 Å². The van der Waals surface area contributed by atoms with Crippen LogP contribution in [0.5, 0.6) is 0 Å². The summed E-state index contributed by atoms with van der Waals surface area (Å²) in [6.45, 7) is 10.9. The second-order valence-electron chi connectivity index (χ2n) is 7.71. The fraction of sp³-hybridized carbons (Fsp3) is 0.429. The highest BCUT2D eigenvalue weighted by Crippen LogP contribution is 2.33. The van der Waals surface area contributed by atoms with E-state index in [4.69, 9.17) is 4.74 Å². The number of hydrogen-bond acceptors (Lipinski definition) is 4. The highest BCUT2D eigenvalue weighted by Gasteiger charge is 2.23. The summed E-state index contributed by atoms with van der Waals surface area (Å²) in [6, 6.07) is 10.3. The Labute approximate surface area is 155 Å². The van der Waals surface area contributed by atoms with Gasteiger partial charge in [0, 0.05) is 24.1 Å². The van der Waals surface area contributed by atoms with Gasteiger partial charge < -0.3 is 15.0 Å². The molecule has 1 amide bonds. The third-order valence-corrected chi connectivity index (χ3v) is 4.59. The van der Waals surface area contributed by atoms with Crippen LogP contribution >= 0.6 is 0 Å². The Morgan fingerprint density at radius 3 is 2.50 bits per heavy atom. The Balaban J connectivity index is 2.03. The van der Waals surface area contributed by atoms with E-state index in [-0.39, 0.29) is 5.91 Å². The van der Waals surface area contributed by atoms with Gasteiger partial charge in [0.1, 0.15) is 5.82 Å². The highest BCUT2D eigenvalue weighted by atomic mass is 16.5. The third kappa shape index (κ3) is 4.05. The Kier molecular flexibility index (Phi) is 5.28. The molecule has 1 aliphatic heterocycles. The Hall–Kier alpha value is -2.40. The number of ether oxygens (including phenoxy) is 1. The molecule has 1 aromatic heterocycles. The first-order valence-corrected chi connectivity index (χ1v) is 9.06. The van der Waals surface area contributed by atoms with Gasteiger partial charge in [-0.3, -0.25) is 4.79 Å². The number of rotatable bonds is 3. The topological polar surface area (TPSA) is 54.5 Å². The van der Waals surface area contributed by atoms with E-state index in [2.05, 4.69) is 40.3 Å². The van der Waals surface area contributed by atoms with E-state index in [1.165, 1.54) is 0 Å². The van der Waals surface area contributed by atoms with Gasteiger partial charge in [0.05, 0.1) is 25.1 Å². The second kappa shape index (κ2) is 7.46. The normalized spacial score (nSPS) is 15.0. The monoisotopic (exact) mass is 353 g/mol.